The van der Waals surface area contributed by atoms with Crippen LogP contribution < -0.4 is 10.5 Å². The van der Waals surface area contributed by atoms with E-state index in [0.717, 1.165) is 5.56 Å². The van der Waals surface area contributed by atoms with Crippen LogP contribution in [0.25, 0.3) is 0 Å². The lowest BCUT2D eigenvalue weighted by molar-refractivity contribution is 0.457. The molecule has 0 aliphatic carbocycles. The van der Waals surface area contributed by atoms with Gasteiger partial charge in [0, 0.05) is 28.8 Å². The fraction of sp³-hybridized carbons (Fsp3) is 0.154. The van der Waals surface area contributed by atoms with Crippen LogP contribution >= 0.6 is 15.9 Å². The molecule has 2 aromatic rings. The zero-order valence-electron chi connectivity index (χ0n) is 9.73. The van der Waals surface area contributed by atoms with Crippen molar-refractivity contribution in [2.24, 2.45) is 5.73 Å². The van der Waals surface area contributed by atoms with Crippen LogP contribution in [0.5, 0.6) is 11.6 Å². The summed E-state index contributed by atoms with van der Waals surface area (Å²) in [7, 11) is 0. The van der Waals surface area contributed by atoms with Gasteiger partial charge in [-0.2, -0.15) is 0 Å². The van der Waals surface area contributed by atoms with Crippen molar-refractivity contribution in [3.05, 3.63) is 52.4 Å². The number of halogens is 2. The van der Waals surface area contributed by atoms with Gasteiger partial charge in [-0.1, -0.05) is 22.0 Å². The zero-order valence-corrected chi connectivity index (χ0v) is 11.3. The molecule has 0 aliphatic rings. The molecule has 2 rings (SSSR count). The summed E-state index contributed by atoms with van der Waals surface area (Å²) >= 11 is 3.20. The van der Waals surface area contributed by atoms with Crippen LogP contribution in [-0.2, 0) is 0 Å². The number of hydrogen-bond acceptors (Lipinski definition) is 3. The van der Waals surface area contributed by atoms with Crippen LogP contribution in [0.1, 0.15) is 18.5 Å². The molecule has 0 radical (unpaired) electrons. The van der Waals surface area contributed by atoms with Gasteiger partial charge in [0.15, 0.2) is 0 Å². The zero-order chi connectivity index (χ0) is 13.1. The monoisotopic (exact) mass is 310 g/mol. The predicted molar refractivity (Wildman–Crippen MR) is 71.0 cm³/mol. The van der Waals surface area contributed by atoms with E-state index < -0.39 is 0 Å². The molecule has 0 bridgehead atoms. The number of nitrogens with two attached hydrogens (primary N) is 1. The third-order valence-electron chi connectivity index (χ3n) is 2.34. The van der Waals surface area contributed by atoms with Crippen molar-refractivity contribution in [2.75, 3.05) is 0 Å². The maximum Gasteiger partial charge on any atom is 0.219 e. The first kappa shape index (κ1) is 13.0. The van der Waals surface area contributed by atoms with E-state index in [1.807, 2.05) is 13.0 Å². The topological polar surface area (TPSA) is 48.1 Å². The normalized spacial score (nSPS) is 12.2. The van der Waals surface area contributed by atoms with Gasteiger partial charge in [0.2, 0.25) is 5.88 Å². The molecule has 1 aromatic carbocycles. The van der Waals surface area contributed by atoms with Crippen molar-refractivity contribution in [3.8, 4) is 11.6 Å². The van der Waals surface area contributed by atoms with Crippen LogP contribution in [0.15, 0.2) is 41.0 Å². The van der Waals surface area contributed by atoms with Gasteiger partial charge in [-0.25, -0.2) is 9.37 Å². The van der Waals surface area contributed by atoms with E-state index in [1.165, 1.54) is 12.1 Å². The molecule has 0 saturated carbocycles. The standard InChI is InChI=1S/C13H12BrFN2O/c1-8(16)9-2-3-13(17-7-9)18-12-5-10(14)4-11(15)6-12/h2-8H,16H2,1H3. The molecule has 2 N–H and O–H groups in total. The first-order valence-electron chi connectivity index (χ1n) is 5.40. The minimum absolute atomic E-state index is 0.0742. The number of ether oxygens (including phenoxy) is 1. The van der Waals surface area contributed by atoms with Crippen LogP contribution in [-0.4, -0.2) is 4.98 Å². The Morgan fingerprint density at radius 3 is 2.67 bits per heavy atom. The molecule has 0 aliphatic heterocycles. The van der Waals surface area contributed by atoms with Crippen molar-refractivity contribution >= 4 is 15.9 Å². The lowest BCUT2D eigenvalue weighted by Crippen LogP contribution is -2.05. The summed E-state index contributed by atoms with van der Waals surface area (Å²) in [5, 5.41) is 0. The molecule has 0 spiro atoms. The molecule has 0 saturated heterocycles. The van der Waals surface area contributed by atoms with Crippen LogP contribution in [0.3, 0.4) is 0 Å². The molecule has 5 heteroatoms. The minimum Gasteiger partial charge on any atom is -0.439 e. The van der Waals surface area contributed by atoms with E-state index in [0.29, 0.717) is 16.1 Å². The Morgan fingerprint density at radius 2 is 2.11 bits per heavy atom. The molecule has 3 nitrogen and oxygen atoms in total. The summed E-state index contributed by atoms with van der Waals surface area (Å²) in [5.74, 6) is 0.423. The van der Waals surface area contributed by atoms with Crippen molar-refractivity contribution < 1.29 is 9.13 Å². The highest BCUT2D eigenvalue weighted by Gasteiger charge is 2.04. The third kappa shape index (κ3) is 3.27. The Kier molecular flexibility index (Phi) is 3.93. The van der Waals surface area contributed by atoms with E-state index in [1.54, 1.807) is 18.3 Å². The summed E-state index contributed by atoms with van der Waals surface area (Å²) in [4.78, 5) is 4.11. The number of nitrogens with zero attached hydrogens (tertiary/aromatic N) is 1. The molecular weight excluding hydrogens is 299 g/mol. The van der Waals surface area contributed by atoms with E-state index in [2.05, 4.69) is 20.9 Å². The Bertz CT molecular complexity index is 523. The molecule has 1 aromatic heterocycles. The number of hydrogen-bond donors (Lipinski definition) is 1. The smallest absolute Gasteiger partial charge is 0.219 e. The molecule has 0 amide bonds. The third-order valence-corrected chi connectivity index (χ3v) is 2.80. The number of rotatable bonds is 3. The van der Waals surface area contributed by atoms with Gasteiger partial charge in [0.1, 0.15) is 11.6 Å². The van der Waals surface area contributed by atoms with Gasteiger partial charge in [0.25, 0.3) is 0 Å². The highest BCUT2D eigenvalue weighted by atomic mass is 79.9. The fourth-order valence-corrected chi connectivity index (χ4v) is 1.87. The largest absolute Gasteiger partial charge is 0.439 e. The summed E-state index contributed by atoms with van der Waals surface area (Å²) in [6, 6.07) is 7.80. The summed E-state index contributed by atoms with van der Waals surface area (Å²) < 4.78 is 19.2. The maximum absolute atomic E-state index is 13.2. The van der Waals surface area contributed by atoms with Crippen LogP contribution in [0.4, 0.5) is 4.39 Å². The van der Waals surface area contributed by atoms with Gasteiger partial charge < -0.3 is 10.5 Å². The van der Waals surface area contributed by atoms with E-state index in [4.69, 9.17) is 10.5 Å². The molecule has 0 fully saturated rings. The second kappa shape index (κ2) is 5.46. The van der Waals surface area contributed by atoms with Gasteiger partial charge >= 0.3 is 0 Å². The lowest BCUT2D eigenvalue weighted by atomic mass is 10.2. The highest BCUT2D eigenvalue weighted by molar-refractivity contribution is 9.10. The number of aromatic nitrogens is 1. The Balaban J connectivity index is 2.18. The van der Waals surface area contributed by atoms with E-state index >= 15 is 0 Å². The minimum atomic E-state index is -0.369. The van der Waals surface area contributed by atoms with Crippen molar-refractivity contribution in [2.45, 2.75) is 13.0 Å². The molecule has 1 heterocycles. The van der Waals surface area contributed by atoms with E-state index in [-0.39, 0.29) is 11.9 Å². The van der Waals surface area contributed by atoms with Gasteiger partial charge in [-0.15, -0.1) is 0 Å². The van der Waals surface area contributed by atoms with Crippen LogP contribution in [0.2, 0.25) is 0 Å². The average Bonchev–Trinajstić information content (AvgIpc) is 2.28. The van der Waals surface area contributed by atoms with Gasteiger partial charge in [-0.3, -0.25) is 0 Å². The van der Waals surface area contributed by atoms with Crippen molar-refractivity contribution in [3.63, 3.8) is 0 Å². The molecule has 1 unspecified atom stereocenters. The predicted octanol–water partition coefficient (Wildman–Crippen LogP) is 3.80. The molecule has 94 valence electrons. The second-order valence-electron chi connectivity index (χ2n) is 3.93. The van der Waals surface area contributed by atoms with Gasteiger partial charge in [0.05, 0.1) is 0 Å². The molecule has 1 atom stereocenters. The van der Waals surface area contributed by atoms with Gasteiger partial charge in [-0.05, 0) is 24.6 Å². The fourth-order valence-electron chi connectivity index (χ4n) is 1.43. The Morgan fingerprint density at radius 1 is 1.33 bits per heavy atom. The first-order chi connectivity index (χ1) is 8.54. The summed E-state index contributed by atoms with van der Waals surface area (Å²) in [5.41, 5.74) is 6.64. The maximum atomic E-state index is 13.2. The van der Waals surface area contributed by atoms with Crippen molar-refractivity contribution in [1.29, 1.82) is 0 Å². The number of pyridine rings is 1. The van der Waals surface area contributed by atoms with Crippen molar-refractivity contribution in [1.82, 2.24) is 4.98 Å². The quantitative estimate of drug-likeness (QED) is 0.938. The summed E-state index contributed by atoms with van der Waals surface area (Å²) in [6.45, 7) is 1.88. The second-order valence-corrected chi connectivity index (χ2v) is 4.84. The number of benzene rings is 1. The van der Waals surface area contributed by atoms with E-state index in [9.17, 15) is 4.39 Å². The molecular formula is C13H12BrFN2O. The first-order valence-corrected chi connectivity index (χ1v) is 6.19. The average molecular weight is 311 g/mol. The SMILES string of the molecule is CC(N)c1ccc(Oc2cc(F)cc(Br)c2)nc1. The Labute approximate surface area is 113 Å². The lowest BCUT2D eigenvalue weighted by Gasteiger charge is -2.08. The van der Waals surface area contributed by atoms with Crippen LogP contribution in [0, 0.1) is 5.82 Å². The Hall–Kier alpha value is -1.46. The summed E-state index contributed by atoms with van der Waals surface area (Å²) in [6.07, 6.45) is 1.65. The molecule has 18 heavy (non-hydrogen) atoms. The highest BCUT2D eigenvalue weighted by Crippen LogP contribution is 2.25.